The Kier molecular flexibility index (Phi) is 5.26. The van der Waals surface area contributed by atoms with Crippen LogP contribution in [0.4, 0.5) is 0 Å². The molecule has 0 spiro atoms. The number of hydrogen-bond acceptors (Lipinski definition) is 2. The molecule has 90 valence electrons. The molecule has 0 aliphatic rings. The van der Waals surface area contributed by atoms with Crippen LogP contribution >= 0.6 is 11.6 Å². The third-order valence-corrected chi connectivity index (χ3v) is 3.29. The number of halogens is 1. The lowest BCUT2D eigenvalue weighted by Crippen LogP contribution is -2.31. The van der Waals surface area contributed by atoms with Crippen molar-refractivity contribution in [3.8, 4) is 0 Å². The lowest BCUT2D eigenvalue weighted by molar-refractivity contribution is 0.154. The molecule has 0 fully saturated rings. The Morgan fingerprint density at radius 1 is 1.25 bits per heavy atom. The Balaban J connectivity index is 2.92. The van der Waals surface area contributed by atoms with Crippen LogP contribution < -0.4 is 5.32 Å². The molecule has 0 radical (unpaired) electrons. The molecule has 0 aromatic heterocycles. The van der Waals surface area contributed by atoms with Gasteiger partial charge in [-0.05, 0) is 30.7 Å². The Labute approximate surface area is 103 Å². The van der Waals surface area contributed by atoms with Gasteiger partial charge in [0.15, 0.2) is 0 Å². The average Bonchev–Trinajstić information content (AvgIpc) is 2.26. The minimum Gasteiger partial charge on any atom is -0.396 e. The topological polar surface area (TPSA) is 32.3 Å². The Morgan fingerprint density at radius 3 is 2.19 bits per heavy atom. The fourth-order valence-electron chi connectivity index (χ4n) is 2.00. The van der Waals surface area contributed by atoms with E-state index in [2.05, 4.69) is 19.2 Å². The molecule has 2 N–H and O–H groups in total. The molecule has 0 saturated carbocycles. The molecule has 1 rings (SSSR count). The van der Waals surface area contributed by atoms with E-state index in [-0.39, 0.29) is 18.6 Å². The molecule has 2 nitrogen and oxygen atoms in total. The van der Waals surface area contributed by atoms with E-state index < -0.39 is 0 Å². The molecule has 0 amide bonds. The van der Waals surface area contributed by atoms with Crippen molar-refractivity contribution in [2.24, 2.45) is 11.8 Å². The molecule has 0 aliphatic carbocycles. The van der Waals surface area contributed by atoms with E-state index in [1.807, 2.05) is 31.3 Å². The van der Waals surface area contributed by atoms with Crippen LogP contribution in [0.15, 0.2) is 24.3 Å². The van der Waals surface area contributed by atoms with E-state index in [1.165, 1.54) is 5.56 Å². The predicted octanol–water partition coefficient (Wildman–Crippen LogP) is 2.87. The zero-order valence-corrected chi connectivity index (χ0v) is 10.8. The standard InChI is InChI=1S/C13H20ClNO/c1-9(2)12(8-16)13(15-3)10-4-6-11(14)7-5-10/h4-7,9,12-13,15-16H,8H2,1-3H3. The fourth-order valence-corrected chi connectivity index (χ4v) is 2.13. The number of aliphatic hydroxyl groups is 1. The average molecular weight is 242 g/mol. The monoisotopic (exact) mass is 241 g/mol. The Hall–Kier alpha value is -0.570. The quantitative estimate of drug-likeness (QED) is 0.831. The molecular weight excluding hydrogens is 222 g/mol. The van der Waals surface area contributed by atoms with Gasteiger partial charge >= 0.3 is 0 Å². The largest absolute Gasteiger partial charge is 0.396 e. The van der Waals surface area contributed by atoms with E-state index in [4.69, 9.17) is 11.6 Å². The van der Waals surface area contributed by atoms with Gasteiger partial charge in [0, 0.05) is 23.6 Å². The van der Waals surface area contributed by atoms with Gasteiger partial charge in [0.1, 0.15) is 0 Å². The molecule has 1 aromatic carbocycles. The van der Waals surface area contributed by atoms with E-state index in [0.29, 0.717) is 5.92 Å². The van der Waals surface area contributed by atoms with Crippen LogP contribution in [-0.2, 0) is 0 Å². The van der Waals surface area contributed by atoms with Gasteiger partial charge in [-0.15, -0.1) is 0 Å². The van der Waals surface area contributed by atoms with Gasteiger partial charge in [-0.3, -0.25) is 0 Å². The van der Waals surface area contributed by atoms with Crippen LogP contribution in [0, 0.1) is 11.8 Å². The van der Waals surface area contributed by atoms with Gasteiger partial charge in [-0.1, -0.05) is 37.6 Å². The number of nitrogens with one attached hydrogen (secondary N) is 1. The summed E-state index contributed by atoms with van der Waals surface area (Å²) in [4.78, 5) is 0. The van der Waals surface area contributed by atoms with Crippen molar-refractivity contribution in [1.82, 2.24) is 5.32 Å². The summed E-state index contributed by atoms with van der Waals surface area (Å²) in [7, 11) is 1.92. The van der Waals surface area contributed by atoms with Crippen LogP contribution in [-0.4, -0.2) is 18.8 Å². The number of benzene rings is 1. The maximum absolute atomic E-state index is 9.45. The van der Waals surface area contributed by atoms with E-state index in [0.717, 1.165) is 5.02 Å². The smallest absolute Gasteiger partial charge is 0.0479 e. The van der Waals surface area contributed by atoms with Crippen molar-refractivity contribution in [3.05, 3.63) is 34.9 Å². The van der Waals surface area contributed by atoms with Crippen molar-refractivity contribution in [1.29, 1.82) is 0 Å². The molecule has 2 atom stereocenters. The summed E-state index contributed by atoms with van der Waals surface area (Å²) >= 11 is 5.87. The summed E-state index contributed by atoms with van der Waals surface area (Å²) in [6.07, 6.45) is 0. The van der Waals surface area contributed by atoms with E-state index >= 15 is 0 Å². The fraction of sp³-hybridized carbons (Fsp3) is 0.538. The molecule has 2 unspecified atom stereocenters. The molecule has 0 aliphatic heterocycles. The SMILES string of the molecule is CNC(c1ccc(Cl)cc1)C(CO)C(C)C. The maximum atomic E-state index is 9.45. The highest BCUT2D eigenvalue weighted by Crippen LogP contribution is 2.28. The Bertz CT molecular complexity index is 310. The lowest BCUT2D eigenvalue weighted by atomic mass is 9.85. The number of aliphatic hydroxyl groups excluding tert-OH is 1. The normalized spacial score (nSPS) is 15.1. The van der Waals surface area contributed by atoms with Crippen molar-refractivity contribution < 1.29 is 5.11 Å². The molecule has 0 bridgehead atoms. The van der Waals surface area contributed by atoms with Crippen LogP contribution in [0.2, 0.25) is 5.02 Å². The van der Waals surface area contributed by atoms with Crippen molar-refractivity contribution in [3.63, 3.8) is 0 Å². The van der Waals surface area contributed by atoms with E-state index in [9.17, 15) is 5.11 Å². The summed E-state index contributed by atoms with van der Waals surface area (Å²) in [6.45, 7) is 4.44. The van der Waals surface area contributed by atoms with Gasteiger partial charge in [0.05, 0.1) is 0 Å². The first-order valence-corrected chi connectivity index (χ1v) is 6.01. The summed E-state index contributed by atoms with van der Waals surface area (Å²) in [6, 6.07) is 7.96. The first-order chi connectivity index (χ1) is 7.60. The zero-order chi connectivity index (χ0) is 12.1. The third-order valence-electron chi connectivity index (χ3n) is 3.04. The van der Waals surface area contributed by atoms with Crippen LogP contribution in [0.1, 0.15) is 25.5 Å². The summed E-state index contributed by atoms with van der Waals surface area (Å²) in [5, 5.41) is 13.5. The van der Waals surface area contributed by atoms with Crippen LogP contribution in [0.5, 0.6) is 0 Å². The number of rotatable bonds is 5. The minimum atomic E-state index is 0.169. The zero-order valence-electron chi connectivity index (χ0n) is 10.1. The van der Waals surface area contributed by atoms with Gasteiger partial charge in [0.25, 0.3) is 0 Å². The summed E-state index contributed by atoms with van der Waals surface area (Å²) in [5.41, 5.74) is 1.17. The highest BCUT2D eigenvalue weighted by molar-refractivity contribution is 6.30. The van der Waals surface area contributed by atoms with Gasteiger partial charge in [0.2, 0.25) is 0 Å². The highest BCUT2D eigenvalue weighted by atomic mass is 35.5. The van der Waals surface area contributed by atoms with E-state index in [1.54, 1.807) is 0 Å². The summed E-state index contributed by atoms with van der Waals surface area (Å²) < 4.78 is 0. The van der Waals surface area contributed by atoms with Gasteiger partial charge in [-0.25, -0.2) is 0 Å². The molecule has 1 aromatic rings. The predicted molar refractivity (Wildman–Crippen MR) is 68.7 cm³/mol. The molecule has 16 heavy (non-hydrogen) atoms. The molecule has 0 heterocycles. The van der Waals surface area contributed by atoms with Gasteiger partial charge in [-0.2, -0.15) is 0 Å². The second kappa shape index (κ2) is 6.24. The molecule has 0 saturated heterocycles. The van der Waals surface area contributed by atoms with Gasteiger partial charge < -0.3 is 10.4 Å². The highest BCUT2D eigenvalue weighted by Gasteiger charge is 2.23. The second-order valence-corrected chi connectivity index (χ2v) is 4.84. The Morgan fingerprint density at radius 2 is 1.81 bits per heavy atom. The van der Waals surface area contributed by atoms with Crippen molar-refractivity contribution >= 4 is 11.6 Å². The second-order valence-electron chi connectivity index (χ2n) is 4.41. The molecule has 3 heteroatoms. The lowest BCUT2D eigenvalue weighted by Gasteiger charge is -2.28. The summed E-state index contributed by atoms with van der Waals surface area (Å²) in [5.74, 6) is 0.643. The van der Waals surface area contributed by atoms with Crippen LogP contribution in [0.3, 0.4) is 0 Å². The first kappa shape index (κ1) is 13.5. The third kappa shape index (κ3) is 3.21. The van der Waals surface area contributed by atoms with Crippen molar-refractivity contribution in [2.45, 2.75) is 19.9 Å². The number of hydrogen-bond donors (Lipinski definition) is 2. The maximum Gasteiger partial charge on any atom is 0.0479 e. The molecular formula is C13H20ClNO. The van der Waals surface area contributed by atoms with Crippen molar-refractivity contribution in [2.75, 3.05) is 13.7 Å². The van der Waals surface area contributed by atoms with Crippen LogP contribution in [0.25, 0.3) is 0 Å². The minimum absolute atomic E-state index is 0.169. The first-order valence-electron chi connectivity index (χ1n) is 5.63.